The summed E-state index contributed by atoms with van der Waals surface area (Å²) < 4.78 is 0. The van der Waals surface area contributed by atoms with Crippen molar-refractivity contribution < 1.29 is 4.79 Å². The van der Waals surface area contributed by atoms with Gasteiger partial charge in [-0.1, -0.05) is 72.8 Å². The first-order valence-electron chi connectivity index (χ1n) is 10.6. The molecule has 32 heavy (non-hydrogen) atoms. The summed E-state index contributed by atoms with van der Waals surface area (Å²) in [5.41, 5.74) is 6.18. The van der Waals surface area contributed by atoms with E-state index >= 15 is 0 Å². The molecule has 0 aromatic heterocycles. The summed E-state index contributed by atoms with van der Waals surface area (Å²) in [4.78, 5) is 16.4. The first-order valence-corrected chi connectivity index (χ1v) is 10.6. The van der Waals surface area contributed by atoms with Crippen LogP contribution in [0.25, 0.3) is 11.1 Å². The first kappa shape index (κ1) is 21.1. The molecule has 0 spiro atoms. The fourth-order valence-corrected chi connectivity index (χ4v) is 3.54. The number of nitrogens with zero attached hydrogens (tertiary/aromatic N) is 2. The van der Waals surface area contributed by atoms with Gasteiger partial charge in [-0.25, -0.2) is 0 Å². The fourth-order valence-electron chi connectivity index (χ4n) is 3.54. The Bertz CT molecular complexity index is 1140. The standard InChI is InChI=1S/C29H26N2O/c1-30(2)22-21-29(32)25-15-13-23(14-16-25)24-17-19-28(20-18-24)31(26-9-5-3-6-10-26)27-11-7-4-8-12-27/h3-22H,1-2H3. The zero-order valence-electron chi connectivity index (χ0n) is 18.3. The van der Waals surface area contributed by atoms with Crippen molar-refractivity contribution in [2.45, 2.75) is 0 Å². The maximum Gasteiger partial charge on any atom is 0.187 e. The number of ketones is 1. The molecule has 4 rings (SSSR count). The van der Waals surface area contributed by atoms with Gasteiger partial charge in [0.05, 0.1) is 0 Å². The zero-order chi connectivity index (χ0) is 22.3. The number of carbonyl (C=O) groups is 1. The largest absolute Gasteiger partial charge is 0.383 e. The summed E-state index contributed by atoms with van der Waals surface area (Å²) in [6.07, 6.45) is 3.35. The Morgan fingerprint density at radius 1 is 0.594 bits per heavy atom. The van der Waals surface area contributed by atoms with Gasteiger partial charge in [0, 0.05) is 49.0 Å². The molecule has 3 heteroatoms. The minimum Gasteiger partial charge on any atom is -0.383 e. The lowest BCUT2D eigenvalue weighted by Crippen LogP contribution is -2.09. The molecule has 0 fully saturated rings. The zero-order valence-corrected chi connectivity index (χ0v) is 18.3. The molecule has 0 amide bonds. The Morgan fingerprint density at radius 3 is 1.50 bits per heavy atom. The van der Waals surface area contributed by atoms with Crippen molar-refractivity contribution in [3.63, 3.8) is 0 Å². The van der Waals surface area contributed by atoms with Crippen molar-refractivity contribution >= 4 is 22.8 Å². The van der Waals surface area contributed by atoms with Gasteiger partial charge in [0.15, 0.2) is 5.78 Å². The van der Waals surface area contributed by atoms with Crippen LogP contribution in [-0.4, -0.2) is 24.8 Å². The molecule has 0 atom stereocenters. The third-order valence-electron chi connectivity index (χ3n) is 5.18. The van der Waals surface area contributed by atoms with Crippen molar-refractivity contribution in [1.29, 1.82) is 0 Å². The molecule has 4 aromatic rings. The van der Waals surface area contributed by atoms with Gasteiger partial charge in [-0.2, -0.15) is 0 Å². The van der Waals surface area contributed by atoms with Crippen LogP contribution in [0.1, 0.15) is 10.4 Å². The second-order valence-corrected chi connectivity index (χ2v) is 7.77. The minimum absolute atomic E-state index is 0.00182. The molecule has 0 unspecified atom stereocenters. The molecule has 0 saturated carbocycles. The van der Waals surface area contributed by atoms with Gasteiger partial charge >= 0.3 is 0 Å². The van der Waals surface area contributed by atoms with Crippen LogP contribution in [0.2, 0.25) is 0 Å². The van der Waals surface area contributed by atoms with Crippen LogP contribution in [0.4, 0.5) is 17.1 Å². The number of allylic oxidation sites excluding steroid dienone is 1. The highest BCUT2D eigenvalue weighted by molar-refractivity contribution is 6.04. The third-order valence-corrected chi connectivity index (χ3v) is 5.18. The van der Waals surface area contributed by atoms with E-state index in [9.17, 15) is 4.79 Å². The first-order chi connectivity index (χ1) is 15.6. The van der Waals surface area contributed by atoms with E-state index in [1.54, 1.807) is 12.3 Å². The molecule has 0 aliphatic rings. The highest BCUT2D eigenvalue weighted by Crippen LogP contribution is 2.35. The second-order valence-electron chi connectivity index (χ2n) is 7.77. The minimum atomic E-state index is 0.00182. The van der Waals surface area contributed by atoms with Crippen LogP contribution in [0.5, 0.6) is 0 Å². The number of hydrogen-bond donors (Lipinski definition) is 0. The number of benzene rings is 4. The second kappa shape index (κ2) is 9.80. The van der Waals surface area contributed by atoms with Gasteiger partial charge in [0.2, 0.25) is 0 Å². The monoisotopic (exact) mass is 418 g/mol. The fraction of sp³-hybridized carbons (Fsp3) is 0.0690. The molecule has 0 N–H and O–H groups in total. The Hall–Kier alpha value is -4.11. The molecule has 0 bridgehead atoms. The average Bonchev–Trinajstić information content (AvgIpc) is 2.85. The van der Waals surface area contributed by atoms with Crippen LogP contribution in [0.3, 0.4) is 0 Å². The van der Waals surface area contributed by atoms with Crippen LogP contribution >= 0.6 is 0 Å². The summed E-state index contributed by atoms with van der Waals surface area (Å²) >= 11 is 0. The maximum atomic E-state index is 12.3. The summed E-state index contributed by atoms with van der Waals surface area (Å²) in [5, 5.41) is 0. The summed E-state index contributed by atoms with van der Waals surface area (Å²) in [6, 6.07) is 37.0. The topological polar surface area (TPSA) is 23.6 Å². The summed E-state index contributed by atoms with van der Waals surface area (Å²) in [6.45, 7) is 0. The van der Waals surface area contributed by atoms with Gasteiger partial charge in [-0.15, -0.1) is 0 Å². The molecule has 0 saturated heterocycles. The highest BCUT2D eigenvalue weighted by Gasteiger charge is 2.12. The van der Waals surface area contributed by atoms with E-state index in [-0.39, 0.29) is 5.78 Å². The number of rotatable bonds is 7. The molecular formula is C29H26N2O. The lowest BCUT2D eigenvalue weighted by Gasteiger charge is -2.25. The number of hydrogen-bond acceptors (Lipinski definition) is 3. The molecule has 0 heterocycles. The van der Waals surface area contributed by atoms with Gasteiger partial charge in [-0.3, -0.25) is 4.79 Å². The van der Waals surface area contributed by atoms with Gasteiger partial charge < -0.3 is 9.80 Å². The van der Waals surface area contributed by atoms with Crippen LogP contribution in [0.15, 0.2) is 121 Å². The van der Waals surface area contributed by atoms with Crippen LogP contribution in [-0.2, 0) is 0 Å². The summed E-state index contributed by atoms with van der Waals surface area (Å²) in [5.74, 6) is 0.00182. The van der Waals surface area contributed by atoms with E-state index in [0.717, 1.165) is 28.2 Å². The van der Waals surface area contributed by atoms with E-state index in [2.05, 4.69) is 77.7 Å². The van der Waals surface area contributed by atoms with Crippen LogP contribution < -0.4 is 4.90 Å². The van der Waals surface area contributed by atoms with Gasteiger partial charge in [-0.05, 0) is 47.5 Å². The molecule has 0 radical (unpaired) electrons. The number of anilines is 3. The normalized spacial score (nSPS) is 10.8. The Morgan fingerprint density at radius 2 is 1.03 bits per heavy atom. The molecule has 4 aromatic carbocycles. The molecule has 158 valence electrons. The van der Waals surface area contributed by atoms with E-state index in [1.165, 1.54) is 0 Å². The SMILES string of the molecule is CN(C)C=CC(=O)c1ccc(-c2ccc(N(c3ccccc3)c3ccccc3)cc2)cc1. The Labute approximate surface area is 189 Å². The predicted octanol–water partition coefficient (Wildman–Crippen LogP) is 7.08. The average molecular weight is 419 g/mol. The van der Waals surface area contributed by atoms with E-state index in [0.29, 0.717) is 5.56 Å². The molecule has 0 aliphatic carbocycles. The van der Waals surface area contributed by atoms with Crippen molar-refractivity contribution in [3.05, 3.63) is 127 Å². The van der Waals surface area contributed by atoms with Crippen molar-refractivity contribution in [2.24, 2.45) is 0 Å². The number of para-hydroxylation sites is 2. The Balaban J connectivity index is 1.60. The van der Waals surface area contributed by atoms with E-state index in [4.69, 9.17) is 0 Å². The predicted molar refractivity (Wildman–Crippen MR) is 134 cm³/mol. The smallest absolute Gasteiger partial charge is 0.187 e. The van der Waals surface area contributed by atoms with Crippen LogP contribution in [0, 0.1) is 0 Å². The Kier molecular flexibility index (Phi) is 6.47. The molecule has 3 nitrogen and oxygen atoms in total. The molecule has 0 aliphatic heterocycles. The van der Waals surface area contributed by atoms with Gasteiger partial charge in [0.25, 0.3) is 0 Å². The maximum absolute atomic E-state index is 12.3. The van der Waals surface area contributed by atoms with Gasteiger partial charge in [0.1, 0.15) is 0 Å². The summed E-state index contributed by atoms with van der Waals surface area (Å²) in [7, 11) is 3.79. The molecular weight excluding hydrogens is 392 g/mol. The quantitative estimate of drug-likeness (QED) is 0.237. The van der Waals surface area contributed by atoms with Crippen molar-refractivity contribution in [2.75, 3.05) is 19.0 Å². The lowest BCUT2D eigenvalue weighted by molar-refractivity contribution is 0.104. The third kappa shape index (κ3) is 4.96. The van der Waals surface area contributed by atoms with E-state index < -0.39 is 0 Å². The highest BCUT2D eigenvalue weighted by atomic mass is 16.1. The van der Waals surface area contributed by atoms with Crippen molar-refractivity contribution in [1.82, 2.24) is 4.90 Å². The lowest BCUT2D eigenvalue weighted by atomic mass is 10.0. The van der Waals surface area contributed by atoms with E-state index in [1.807, 2.05) is 55.4 Å². The number of carbonyl (C=O) groups excluding carboxylic acids is 1. The van der Waals surface area contributed by atoms with Crippen molar-refractivity contribution in [3.8, 4) is 11.1 Å².